The molecule has 0 fully saturated rings. The van der Waals surface area contributed by atoms with Crippen molar-refractivity contribution in [1.29, 1.82) is 0 Å². The molecule has 3 nitrogen and oxygen atoms in total. The summed E-state index contributed by atoms with van der Waals surface area (Å²) in [5.74, 6) is -1.37. The van der Waals surface area contributed by atoms with E-state index in [0.717, 1.165) is 6.07 Å². The Kier molecular flexibility index (Phi) is 3.21. The molecule has 0 aromatic heterocycles. The molecule has 0 bridgehead atoms. The fourth-order valence-corrected chi connectivity index (χ4v) is 2.74. The molecule has 0 saturated carbocycles. The molecule has 22 heavy (non-hydrogen) atoms. The van der Waals surface area contributed by atoms with Crippen molar-refractivity contribution in [2.75, 3.05) is 0 Å². The van der Waals surface area contributed by atoms with E-state index in [-0.39, 0.29) is 27.3 Å². The van der Waals surface area contributed by atoms with Gasteiger partial charge in [-0.2, -0.15) is 13.2 Å². The maximum Gasteiger partial charge on any atom is 0.417 e. The predicted octanol–water partition coefficient (Wildman–Crippen LogP) is 3.91. The van der Waals surface area contributed by atoms with Gasteiger partial charge in [0.15, 0.2) is 0 Å². The van der Waals surface area contributed by atoms with Gasteiger partial charge in [0.05, 0.1) is 16.7 Å². The summed E-state index contributed by atoms with van der Waals surface area (Å²) in [7, 11) is 0. The van der Waals surface area contributed by atoms with Crippen LogP contribution in [0.2, 0.25) is 5.02 Å². The van der Waals surface area contributed by atoms with Gasteiger partial charge in [-0.15, -0.1) is 0 Å². The van der Waals surface area contributed by atoms with Crippen LogP contribution >= 0.6 is 11.6 Å². The van der Waals surface area contributed by atoms with E-state index in [0.29, 0.717) is 0 Å². The van der Waals surface area contributed by atoms with Gasteiger partial charge < -0.3 is 0 Å². The molecule has 0 unspecified atom stereocenters. The monoisotopic (exact) mass is 325 g/mol. The molecule has 2 amide bonds. The lowest BCUT2D eigenvalue weighted by atomic mass is 9.93. The number of alkyl halides is 3. The van der Waals surface area contributed by atoms with Crippen LogP contribution in [0.1, 0.15) is 26.3 Å². The molecule has 2 aromatic rings. The molecule has 0 atom stereocenters. The first-order chi connectivity index (χ1) is 10.3. The van der Waals surface area contributed by atoms with Crippen LogP contribution < -0.4 is 5.32 Å². The first-order valence-corrected chi connectivity index (χ1v) is 6.53. The van der Waals surface area contributed by atoms with E-state index in [4.69, 9.17) is 11.6 Å². The first-order valence-electron chi connectivity index (χ1n) is 6.15. The lowest BCUT2D eigenvalue weighted by Crippen LogP contribution is -2.20. The zero-order chi connectivity index (χ0) is 16.1. The summed E-state index contributed by atoms with van der Waals surface area (Å²) < 4.78 is 39.6. The maximum atomic E-state index is 13.2. The minimum absolute atomic E-state index is 0.0150. The zero-order valence-electron chi connectivity index (χ0n) is 10.8. The predicted molar refractivity (Wildman–Crippen MR) is 73.7 cm³/mol. The summed E-state index contributed by atoms with van der Waals surface area (Å²) in [6.07, 6.45) is -4.64. The number of carbonyl (C=O) groups excluding carboxylic acids is 2. The molecule has 0 radical (unpaired) electrons. The summed E-state index contributed by atoms with van der Waals surface area (Å²) in [5.41, 5.74) is -1.33. The Hall–Kier alpha value is -2.34. The Bertz CT molecular complexity index is 815. The molecule has 7 heteroatoms. The molecule has 1 aliphatic rings. The molecule has 0 aliphatic carbocycles. The average molecular weight is 326 g/mol. The van der Waals surface area contributed by atoms with Crippen molar-refractivity contribution >= 4 is 23.4 Å². The van der Waals surface area contributed by atoms with Gasteiger partial charge in [-0.3, -0.25) is 14.9 Å². The van der Waals surface area contributed by atoms with Gasteiger partial charge in [0.25, 0.3) is 11.8 Å². The standard InChI is InChI=1S/C15H7ClF3NO2/c16-10-6-2-5-9(15(17,18)19)12(10)7-3-1-4-8-11(7)14(22)20-13(8)21/h1-6H,(H,20,21,22). The topological polar surface area (TPSA) is 46.2 Å². The van der Waals surface area contributed by atoms with Crippen molar-refractivity contribution in [2.24, 2.45) is 0 Å². The number of hydrogen-bond acceptors (Lipinski definition) is 2. The molecule has 1 N–H and O–H groups in total. The van der Waals surface area contributed by atoms with Crippen molar-refractivity contribution in [2.45, 2.75) is 6.18 Å². The van der Waals surface area contributed by atoms with Gasteiger partial charge in [-0.1, -0.05) is 29.8 Å². The van der Waals surface area contributed by atoms with Crippen LogP contribution in [0.25, 0.3) is 11.1 Å². The summed E-state index contributed by atoms with van der Waals surface area (Å²) in [5, 5.41) is 1.92. The normalized spacial score (nSPS) is 14.0. The van der Waals surface area contributed by atoms with E-state index >= 15 is 0 Å². The number of hydrogen-bond donors (Lipinski definition) is 1. The Labute approximate surface area is 127 Å². The second-order valence-electron chi connectivity index (χ2n) is 4.67. The number of fused-ring (bicyclic) bond motifs is 1. The van der Waals surface area contributed by atoms with Gasteiger partial charge in [0.1, 0.15) is 0 Å². The number of imide groups is 1. The molecular weight excluding hydrogens is 319 g/mol. The second kappa shape index (κ2) is 4.84. The van der Waals surface area contributed by atoms with Crippen LogP contribution in [0.3, 0.4) is 0 Å². The Morgan fingerprint density at radius 2 is 1.50 bits per heavy atom. The van der Waals surface area contributed by atoms with Gasteiger partial charge >= 0.3 is 6.18 Å². The van der Waals surface area contributed by atoms with Gasteiger partial charge in [-0.25, -0.2) is 0 Å². The van der Waals surface area contributed by atoms with Crippen molar-refractivity contribution in [3.05, 3.63) is 58.1 Å². The second-order valence-corrected chi connectivity index (χ2v) is 5.08. The van der Waals surface area contributed by atoms with Gasteiger partial charge in [0.2, 0.25) is 0 Å². The van der Waals surface area contributed by atoms with Crippen molar-refractivity contribution < 1.29 is 22.8 Å². The van der Waals surface area contributed by atoms with Crippen LogP contribution in [0.4, 0.5) is 13.2 Å². The highest BCUT2D eigenvalue weighted by molar-refractivity contribution is 6.34. The molecule has 1 heterocycles. The molecule has 0 saturated heterocycles. The lowest BCUT2D eigenvalue weighted by Gasteiger charge is -2.16. The fourth-order valence-electron chi connectivity index (χ4n) is 2.46. The molecular formula is C15H7ClF3NO2. The number of halogens is 4. The maximum absolute atomic E-state index is 13.2. The minimum Gasteiger partial charge on any atom is -0.288 e. The summed E-state index contributed by atoms with van der Waals surface area (Å²) in [6, 6.07) is 7.50. The third-order valence-electron chi connectivity index (χ3n) is 3.35. The largest absolute Gasteiger partial charge is 0.417 e. The van der Waals surface area contributed by atoms with Gasteiger partial charge in [-0.05, 0) is 23.8 Å². The number of nitrogens with one attached hydrogen (secondary N) is 1. The Morgan fingerprint density at radius 1 is 0.864 bits per heavy atom. The smallest absolute Gasteiger partial charge is 0.288 e. The molecule has 3 rings (SSSR count). The Morgan fingerprint density at radius 3 is 2.18 bits per heavy atom. The number of amides is 2. The van der Waals surface area contributed by atoms with Gasteiger partial charge in [0, 0.05) is 10.6 Å². The van der Waals surface area contributed by atoms with E-state index in [2.05, 4.69) is 5.32 Å². The third-order valence-corrected chi connectivity index (χ3v) is 3.67. The van der Waals surface area contributed by atoms with Crippen molar-refractivity contribution in [3.63, 3.8) is 0 Å². The van der Waals surface area contributed by atoms with Crippen LogP contribution in [-0.4, -0.2) is 11.8 Å². The van der Waals surface area contributed by atoms with E-state index in [1.54, 1.807) is 0 Å². The summed E-state index contributed by atoms with van der Waals surface area (Å²) in [6.45, 7) is 0. The van der Waals surface area contributed by atoms with Crippen LogP contribution in [0.5, 0.6) is 0 Å². The highest BCUT2D eigenvalue weighted by atomic mass is 35.5. The van der Waals surface area contributed by atoms with Crippen LogP contribution in [-0.2, 0) is 6.18 Å². The van der Waals surface area contributed by atoms with Crippen molar-refractivity contribution in [1.82, 2.24) is 5.32 Å². The molecule has 2 aromatic carbocycles. The van der Waals surface area contributed by atoms with E-state index < -0.39 is 23.6 Å². The van der Waals surface area contributed by atoms with E-state index in [1.807, 2.05) is 0 Å². The Balaban J connectivity index is 2.36. The van der Waals surface area contributed by atoms with Crippen LogP contribution in [0, 0.1) is 0 Å². The quantitative estimate of drug-likeness (QED) is 0.808. The summed E-state index contributed by atoms with van der Waals surface area (Å²) in [4.78, 5) is 23.5. The molecule has 1 aliphatic heterocycles. The highest BCUT2D eigenvalue weighted by Crippen LogP contribution is 2.42. The first kappa shape index (κ1) is 14.6. The molecule has 0 spiro atoms. The number of benzene rings is 2. The molecule has 112 valence electrons. The van der Waals surface area contributed by atoms with E-state index in [9.17, 15) is 22.8 Å². The lowest BCUT2D eigenvalue weighted by molar-refractivity contribution is -0.137. The third kappa shape index (κ3) is 2.16. The van der Waals surface area contributed by atoms with E-state index in [1.165, 1.54) is 30.3 Å². The van der Waals surface area contributed by atoms with Crippen LogP contribution in [0.15, 0.2) is 36.4 Å². The summed E-state index contributed by atoms with van der Waals surface area (Å²) >= 11 is 5.94. The zero-order valence-corrected chi connectivity index (χ0v) is 11.5. The number of carbonyl (C=O) groups is 2. The minimum atomic E-state index is -4.64. The SMILES string of the molecule is O=C1NC(=O)c2c1cccc2-c1c(Cl)cccc1C(F)(F)F. The number of rotatable bonds is 1. The highest BCUT2D eigenvalue weighted by Gasteiger charge is 2.37. The average Bonchev–Trinajstić information content (AvgIpc) is 2.73. The fraction of sp³-hybridized carbons (Fsp3) is 0.0667. The van der Waals surface area contributed by atoms with Crippen molar-refractivity contribution in [3.8, 4) is 11.1 Å².